The maximum absolute atomic E-state index is 13.7. The van der Waals surface area contributed by atoms with Crippen molar-refractivity contribution in [3.63, 3.8) is 0 Å². The number of azo groups is 3. The van der Waals surface area contributed by atoms with Crippen LogP contribution in [0.1, 0.15) is 21.5 Å². The fraction of sp³-hybridized carbons (Fsp3) is 0.0256. The van der Waals surface area contributed by atoms with E-state index in [4.69, 9.17) is 10.5 Å². The minimum Gasteiger partial charge on any atom is -0.505 e. The average molecular weight is 860 g/mol. The van der Waals surface area contributed by atoms with Crippen molar-refractivity contribution in [3.05, 3.63) is 130 Å². The highest BCUT2D eigenvalue weighted by molar-refractivity contribution is 7.94. The summed E-state index contributed by atoms with van der Waals surface area (Å²) in [4.78, 5) is 30.3. The molecule has 20 nitrogen and oxygen atoms in total. The van der Waals surface area contributed by atoms with Crippen LogP contribution in [0.4, 0.5) is 34.1 Å². The number of aromatic carboxylic acids is 1. The fourth-order valence-corrected chi connectivity index (χ4v) is 6.72. The molecule has 0 aliphatic heterocycles. The first-order valence-electron chi connectivity index (χ1n) is 17.2. The minimum absolute atomic E-state index is 0.0383. The number of phenolic OH excluding ortho intramolecular Hbond substituents is 1. The number of nitriles is 1. The molecule has 0 bridgehead atoms. The molecule has 2 heterocycles. The largest absolute Gasteiger partial charge is 0.505 e. The summed E-state index contributed by atoms with van der Waals surface area (Å²) in [6.07, 6.45) is 1.56. The summed E-state index contributed by atoms with van der Waals surface area (Å²) in [7, 11) is 0. The second-order valence-corrected chi connectivity index (χ2v) is 13.8. The van der Waals surface area contributed by atoms with E-state index in [0.717, 1.165) is 16.6 Å². The first kappa shape index (κ1) is 41.7. The quantitative estimate of drug-likeness (QED) is 0.0294. The molecular formula is C39H25N9O11S2. The van der Waals surface area contributed by atoms with E-state index in [1.807, 2.05) is 6.07 Å². The Morgan fingerprint density at radius 1 is 0.770 bits per heavy atom. The van der Waals surface area contributed by atoms with Gasteiger partial charge in [-0.05, 0) is 103 Å². The van der Waals surface area contributed by atoms with Gasteiger partial charge in [0.1, 0.15) is 23.0 Å². The van der Waals surface area contributed by atoms with E-state index < -0.39 is 17.4 Å². The molecule has 5 aromatic carbocycles. The highest BCUT2D eigenvalue weighted by Crippen LogP contribution is 2.45. The van der Waals surface area contributed by atoms with Crippen LogP contribution >= 0.6 is 24.1 Å². The maximum Gasteiger partial charge on any atom is 0.335 e. The van der Waals surface area contributed by atoms with Crippen molar-refractivity contribution >= 4 is 85.9 Å². The summed E-state index contributed by atoms with van der Waals surface area (Å²) >= 11 is 1.34. The van der Waals surface area contributed by atoms with E-state index in [0.29, 0.717) is 50.3 Å². The van der Waals surface area contributed by atoms with Gasteiger partial charge in [0.2, 0.25) is 5.88 Å². The number of carboxylic acids is 1. The van der Waals surface area contributed by atoms with Crippen molar-refractivity contribution in [2.45, 2.75) is 16.7 Å². The van der Waals surface area contributed by atoms with Gasteiger partial charge in [0.05, 0.1) is 62.8 Å². The third-order valence-corrected chi connectivity index (χ3v) is 9.98. The first-order valence-corrected chi connectivity index (χ1v) is 18.6. The Hall–Kier alpha value is -7.46. The molecule has 0 spiro atoms. The summed E-state index contributed by atoms with van der Waals surface area (Å²) in [5, 5.41) is 93.2. The molecule has 0 saturated carbocycles. The van der Waals surface area contributed by atoms with Crippen molar-refractivity contribution < 1.29 is 49.4 Å². The standard InChI is InChI=1S/C39H25N9O11S2/c1-20-29(19-40)37(50)48(25-10-5-21(6-11-25)39(52)53)38(51)33(20)46-43-24-7-4-22-17-32(61-59-57-55)35(36(49)28(22)18-24)47-45-31-15-14-30(27-3-2-16-41-34(27)31)44-42-23-8-12-26(13-9-23)60-58-56-54/h2-18,49-50,54-55H,1H3,(H,52,53). The Bertz CT molecular complexity index is 3010. The lowest BCUT2D eigenvalue weighted by molar-refractivity contribution is -0.432. The number of rotatable bonds is 14. The van der Waals surface area contributed by atoms with Crippen LogP contribution in [0.15, 0.2) is 149 Å². The van der Waals surface area contributed by atoms with E-state index >= 15 is 0 Å². The topological polar surface area (TPSA) is 288 Å². The number of nitrogens with zero attached hydrogens (tertiary/aromatic N) is 9. The SMILES string of the molecule is Cc1c(C#N)c(O)n(-c2ccc(C(=O)O)cc2)c(=O)c1N=Nc1ccc2cc(SOOO)c(N=Nc3ccc(N=Nc4ccc(SOOO)cc4)c4cccnc34)c(O)c2c1. The zero-order chi connectivity index (χ0) is 43.0. The molecule has 7 rings (SSSR count). The summed E-state index contributed by atoms with van der Waals surface area (Å²) in [5.41, 5.74) is 0.426. The molecular weight excluding hydrogens is 835 g/mol. The van der Waals surface area contributed by atoms with Crippen LogP contribution < -0.4 is 5.56 Å². The van der Waals surface area contributed by atoms with Crippen molar-refractivity contribution in [1.29, 1.82) is 5.26 Å². The van der Waals surface area contributed by atoms with Gasteiger partial charge in [0.25, 0.3) is 5.56 Å². The molecule has 0 radical (unpaired) electrons. The predicted octanol–water partition coefficient (Wildman–Crippen LogP) is 10.9. The van der Waals surface area contributed by atoms with Crippen LogP contribution in [0.5, 0.6) is 11.6 Å². The molecule has 0 saturated heterocycles. The Kier molecular flexibility index (Phi) is 12.7. The predicted molar refractivity (Wildman–Crippen MR) is 218 cm³/mol. The van der Waals surface area contributed by atoms with Crippen molar-refractivity contribution in [1.82, 2.24) is 9.55 Å². The Balaban J connectivity index is 1.23. The lowest BCUT2D eigenvalue weighted by Crippen LogP contribution is -2.20. The number of aromatic hydroxyl groups is 2. The Morgan fingerprint density at radius 2 is 1.44 bits per heavy atom. The number of phenols is 1. The van der Waals surface area contributed by atoms with Gasteiger partial charge in [-0.25, -0.2) is 19.9 Å². The molecule has 2 aromatic heterocycles. The van der Waals surface area contributed by atoms with Crippen molar-refractivity contribution in [2.24, 2.45) is 30.7 Å². The average Bonchev–Trinajstić information content (AvgIpc) is 3.27. The Labute approximate surface area is 350 Å². The summed E-state index contributed by atoms with van der Waals surface area (Å²) in [5.74, 6) is -2.25. The Morgan fingerprint density at radius 3 is 2.16 bits per heavy atom. The number of carboxylic acid groups (broad SMARTS) is 1. The molecule has 0 aliphatic carbocycles. The zero-order valence-electron chi connectivity index (χ0n) is 30.8. The van der Waals surface area contributed by atoms with Gasteiger partial charge >= 0.3 is 5.97 Å². The number of hydrogen-bond donors (Lipinski definition) is 5. The van der Waals surface area contributed by atoms with Crippen molar-refractivity contribution in [3.8, 4) is 23.4 Å². The normalized spacial score (nSPS) is 11.7. The molecule has 5 N–H and O–H groups in total. The third kappa shape index (κ3) is 8.94. The third-order valence-electron chi connectivity index (χ3n) is 8.77. The monoisotopic (exact) mass is 859 g/mol. The van der Waals surface area contributed by atoms with Crippen LogP contribution in [-0.4, -0.2) is 41.4 Å². The van der Waals surface area contributed by atoms with Crippen LogP contribution in [-0.2, 0) is 18.7 Å². The van der Waals surface area contributed by atoms with Crippen LogP contribution in [0.3, 0.4) is 0 Å². The molecule has 0 aliphatic rings. The molecule has 0 unspecified atom stereocenters. The van der Waals surface area contributed by atoms with Crippen LogP contribution in [0, 0.1) is 18.3 Å². The highest BCUT2D eigenvalue weighted by atomic mass is 32.2. The van der Waals surface area contributed by atoms with Crippen LogP contribution in [0.2, 0.25) is 0 Å². The van der Waals surface area contributed by atoms with Gasteiger partial charge in [-0.3, -0.25) is 9.78 Å². The molecule has 22 heteroatoms. The molecule has 0 amide bonds. The molecule has 304 valence electrons. The second-order valence-electron chi connectivity index (χ2n) is 12.3. The van der Waals surface area contributed by atoms with E-state index in [1.165, 1.54) is 43.3 Å². The van der Waals surface area contributed by atoms with Crippen LogP contribution in [0.25, 0.3) is 27.4 Å². The summed E-state index contributed by atoms with van der Waals surface area (Å²) in [6.45, 7) is 1.41. The number of benzene rings is 5. The minimum atomic E-state index is -1.20. The number of fused-ring (bicyclic) bond motifs is 2. The number of carbonyl (C=O) groups is 1. The summed E-state index contributed by atoms with van der Waals surface area (Å²) in [6, 6.07) is 26.6. The number of hydrogen-bond acceptors (Lipinski definition) is 20. The van der Waals surface area contributed by atoms with Gasteiger partial charge in [0, 0.05) is 27.4 Å². The molecule has 7 aromatic rings. The van der Waals surface area contributed by atoms with Gasteiger partial charge in [-0.2, -0.15) is 15.5 Å². The van der Waals surface area contributed by atoms with E-state index in [-0.39, 0.29) is 55.5 Å². The molecule has 61 heavy (non-hydrogen) atoms. The summed E-state index contributed by atoms with van der Waals surface area (Å²) < 4.78 is 9.92. The highest BCUT2D eigenvalue weighted by Gasteiger charge is 2.21. The number of pyridine rings is 2. The van der Waals surface area contributed by atoms with Gasteiger partial charge in [-0.1, -0.05) is 16.1 Å². The molecule has 0 atom stereocenters. The first-order chi connectivity index (χ1) is 29.6. The lowest BCUT2D eigenvalue weighted by Gasteiger charge is -2.13. The van der Waals surface area contributed by atoms with Crippen molar-refractivity contribution in [2.75, 3.05) is 0 Å². The van der Waals surface area contributed by atoms with E-state index in [1.54, 1.807) is 66.9 Å². The fourth-order valence-electron chi connectivity index (χ4n) is 5.86. The molecule has 0 fully saturated rings. The van der Waals surface area contributed by atoms with E-state index in [2.05, 4.69) is 54.4 Å². The lowest BCUT2D eigenvalue weighted by atomic mass is 10.1. The van der Waals surface area contributed by atoms with Gasteiger partial charge in [-0.15, -0.1) is 29.1 Å². The van der Waals surface area contributed by atoms with E-state index in [9.17, 15) is 30.2 Å². The number of aromatic nitrogens is 2. The van der Waals surface area contributed by atoms with Gasteiger partial charge < -0.3 is 15.3 Å². The zero-order valence-corrected chi connectivity index (χ0v) is 32.5. The van der Waals surface area contributed by atoms with Gasteiger partial charge in [0.15, 0.2) is 11.4 Å². The second kappa shape index (κ2) is 18.6. The smallest absolute Gasteiger partial charge is 0.335 e. The maximum atomic E-state index is 13.7.